The van der Waals surface area contributed by atoms with Crippen LogP contribution in [0, 0.1) is 0 Å². The van der Waals surface area contributed by atoms with Crippen LogP contribution in [-0.4, -0.2) is 37.7 Å². The van der Waals surface area contributed by atoms with Crippen LogP contribution in [0.25, 0.3) is 0 Å². The maximum absolute atomic E-state index is 12.5. The molecule has 2 amide bonds. The maximum atomic E-state index is 12.5. The molecule has 6 nitrogen and oxygen atoms in total. The molecule has 1 aliphatic rings. The molecule has 1 aromatic carbocycles. The van der Waals surface area contributed by atoms with Crippen molar-refractivity contribution >= 4 is 39.5 Å². The van der Waals surface area contributed by atoms with Crippen LogP contribution < -0.4 is 10.1 Å². The van der Waals surface area contributed by atoms with Gasteiger partial charge in [0.25, 0.3) is 0 Å². The minimum absolute atomic E-state index is 0.233. The topological polar surface area (TPSA) is 67.9 Å². The minimum Gasteiger partial charge on any atom is -0.495 e. The third kappa shape index (κ3) is 3.37. The van der Waals surface area contributed by atoms with Gasteiger partial charge in [-0.3, -0.25) is 0 Å². The van der Waals surface area contributed by atoms with Gasteiger partial charge in [0.15, 0.2) is 0 Å². The number of halogens is 2. The smallest absolute Gasteiger partial charge is 0.338 e. The number of nitrogens with one attached hydrogen (secondary N) is 1. The van der Waals surface area contributed by atoms with E-state index in [9.17, 15) is 9.59 Å². The lowest BCUT2D eigenvalue weighted by atomic mass is 9.94. The van der Waals surface area contributed by atoms with Gasteiger partial charge in [-0.05, 0) is 41.9 Å². The van der Waals surface area contributed by atoms with Gasteiger partial charge in [-0.1, -0.05) is 11.6 Å². The van der Waals surface area contributed by atoms with Gasteiger partial charge < -0.3 is 19.7 Å². The third-order valence-electron chi connectivity index (χ3n) is 3.80. The Bertz CT molecular complexity index is 720. The van der Waals surface area contributed by atoms with Crippen molar-refractivity contribution in [1.82, 2.24) is 10.2 Å². The van der Waals surface area contributed by atoms with Gasteiger partial charge in [0.2, 0.25) is 0 Å². The molecule has 1 atom stereocenters. The Balaban J connectivity index is 2.66. The summed E-state index contributed by atoms with van der Waals surface area (Å²) in [5, 5.41) is 3.25. The Kier molecular flexibility index (Phi) is 5.77. The molecule has 130 valence electrons. The summed E-state index contributed by atoms with van der Waals surface area (Å²) < 4.78 is 11.2. The van der Waals surface area contributed by atoms with E-state index in [1.54, 1.807) is 33.0 Å². The normalized spacial score (nSPS) is 17.7. The largest absolute Gasteiger partial charge is 0.495 e. The summed E-state index contributed by atoms with van der Waals surface area (Å²) in [7, 11) is 3.10. The molecule has 0 aliphatic carbocycles. The molecule has 0 unspecified atom stereocenters. The van der Waals surface area contributed by atoms with E-state index in [1.165, 1.54) is 12.0 Å². The van der Waals surface area contributed by atoms with Crippen LogP contribution in [0.1, 0.15) is 25.5 Å². The van der Waals surface area contributed by atoms with E-state index < -0.39 is 12.0 Å². The quantitative estimate of drug-likeness (QED) is 0.760. The zero-order valence-corrected chi connectivity index (χ0v) is 16.1. The number of hydrogen-bond donors (Lipinski definition) is 1. The van der Waals surface area contributed by atoms with E-state index in [4.69, 9.17) is 21.1 Å². The van der Waals surface area contributed by atoms with E-state index in [0.29, 0.717) is 32.1 Å². The summed E-state index contributed by atoms with van der Waals surface area (Å²) in [6.07, 6.45) is 0. The first-order valence-corrected chi connectivity index (χ1v) is 8.43. The molecular weight excluding hydrogens is 400 g/mol. The molecule has 1 N–H and O–H groups in total. The van der Waals surface area contributed by atoms with Crippen molar-refractivity contribution < 1.29 is 19.1 Å². The average molecular weight is 418 g/mol. The number of amides is 2. The van der Waals surface area contributed by atoms with E-state index in [-0.39, 0.29) is 12.6 Å². The lowest BCUT2D eigenvalue weighted by Crippen LogP contribution is -2.46. The molecule has 0 saturated carbocycles. The summed E-state index contributed by atoms with van der Waals surface area (Å²) >= 11 is 9.54. The van der Waals surface area contributed by atoms with Gasteiger partial charge >= 0.3 is 12.0 Å². The van der Waals surface area contributed by atoms with Crippen molar-refractivity contribution in [3.05, 3.63) is 38.5 Å². The molecule has 1 heterocycles. The highest BCUT2D eigenvalue weighted by Gasteiger charge is 2.36. The fraction of sp³-hybridized carbons (Fsp3) is 0.375. The van der Waals surface area contributed by atoms with Crippen LogP contribution in [0.5, 0.6) is 5.75 Å². The maximum Gasteiger partial charge on any atom is 0.338 e. The zero-order valence-electron chi connectivity index (χ0n) is 13.8. The first kappa shape index (κ1) is 18.6. The number of rotatable bonds is 4. The molecular formula is C16H18BrClN2O4. The number of methoxy groups -OCH3 is 1. The molecule has 0 bridgehead atoms. The molecule has 8 heteroatoms. The van der Waals surface area contributed by atoms with Crippen molar-refractivity contribution in [3.8, 4) is 5.75 Å². The molecule has 1 aliphatic heterocycles. The van der Waals surface area contributed by atoms with Crippen molar-refractivity contribution in [1.29, 1.82) is 0 Å². The molecule has 0 aromatic heterocycles. The predicted molar refractivity (Wildman–Crippen MR) is 94.1 cm³/mol. The number of esters is 1. The molecule has 24 heavy (non-hydrogen) atoms. The fourth-order valence-corrected chi connectivity index (χ4v) is 3.55. The van der Waals surface area contributed by atoms with Gasteiger partial charge in [-0.15, -0.1) is 0 Å². The fourth-order valence-electron chi connectivity index (χ4n) is 2.55. The number of carbonyl (C=O) groups excluding carboxylic acids is 2. The van der Waals surface area contributed by atoms with Gasteiger partial charge in [0.05, 0.1) is 29.8 Å². The van der Waals surface area contributed by atoms with Crippen LogP contribution in [0.2, 0.25) is 5.02 Å². The number of urea groups is 1. The standard InChI is InChI=1S/C16H18BrClN2O4/c1-5-24-15(21)12-8(2)20(3)16(22)19-13(12)10-6-9(18)7-11(17)14(10)23-4/h6-7,13H,5H2,1-4H3,(H,19,22)/t13-/m0/s1. The average Bonchev–Trinajstić information content (AvgIpc) is 2.51. The molecule has 0 radical (unpaired) electrons. The van der Waals surface area contributed by atoms with Gasteiger partial charge in [-0.2, -0.15) is 0 Å². The van der Waals surface area contributed by atoms with E-state index in [1.807, 2.05) is 0 Å². The van der Waals surface area contributed by atoms with Gasteiger partial charge in [-0.25, -0.2) is 9.59 Å². The first-order valence-electron chi connectivity index (χ1n) is 7.26. The van der Waals surface area contributed by atoms with E-state index >= 15 is 0 Å². The number of carbonyl (C=O) groups is 2. The van der Waals surface area contributed by atoms with E-state index in [0.717, 1.165) is 0 Å². The third-order valence-corrected chi connectivity index (χ3v) is 4.61. The summed E-state index contributed by atoms with van der Waals surface area (Å²) in [5.41, 5.74) is 1.42. The zero-order chi connectivity index (χ0) is 18.0. The molecule has 0 fully saturated rings. The van der Waals surface area contributed by atoms with Crippen molar-refractivity contribution in [2.45, 2.75) is 19.9 Å². The summed E-state index contributed by atoms with van der Waals surface area (Å²) in [5.74, 6) is -0.00569. The van der Waals surface area contributed by atoms with Crippen LogP contribution in [0.4, 0.5) is 4.79 Å². The first-order chi connectivity index (χ1) is 11.3. The Morgan fingerprint density at radius 1 is 1.46 bits per heavy atom. The van der Waals surface area contributed by atoms with Crippen LogP contribution in [0.15, 0.2) is 27.9 Å². The van der Waals surface area contributed by atoms with Crippen LogP contribution in [0.3, 0.4) is 0 Å². The Hall–Kier alpha value is -1.73. The monoisotopic (exact) mass is 416 g/mol. The van der Waals surface area contributed by atoms with Gasteiger partial charge in [0.1, 0.15) is 5.75 Å². The Labute approximate surface area is 153 Å². The molecule has 2 rings (SSSR count). The van der Waals surface area contributed by atoms with E-state index in [2.05, 4.69) is 21.2 Å². The number of nitrogens with zero attached hydrogens (tertiary/aromatic N) is 1. The lowest BCUT2D eigenvalue weighted by Gasteiger charge is -2.33. The second-order valence-electron chi connectivity index (χ2n) is 5.17. The van der Waals surface area contributed by atoms with Crippen molar-refractivity contribution in [2.24, 2.45) is 0 Å². The SMILES string of the molecule is CCOC(=O)C1=C(C)N(C)C(=O)N[C@H]1c1cc(Cl)cc(Br)c1OC. The number of hydrogen-bond acceptors (Lipinski definition) is 4. The number of ether oxygens (including phenoxy) is 2. The summed E-state index contributed by atoms with van der Waals surface area (Å²) in [6.45, 7) is 3.66. The second-order valence-corrected chi connectivity index (χ2v) is 6.46. The summed E-state index contributed by atoms with van der Waals surface area (Å²) in [6, 6.07) is 2.29. The molecule has 0 spiro atoms. The Morgan fingerprint density at radius 3 is 2.71 bits per heavy atom. The predicted octanol–water partition coefficient (Wildman–Crippen LogP) is 3.64. The van der Waals surface area contributed by atoms with Gasteiger partial charge in [0, 0.05) is 23.3 Å². The highest BCUT2D eigenvalue weighted by Crippen LogP contribution is 2.40. The molecule has 0 saturated heterocycles. The molecule has 1 aromatic rings. The van der Waals surface area contributed by atoms with Crippen molar-refractivity contribution in [3.63, 3.8) is 0 Å². The highest BCUT2D eigenvalue weighted by atomic mass is 79.9. The lowest BCUT2D eigenvalue weighted by molar-refractivity contribution is -0.139. The highest BCUT2D eigenvalue weighted by molar-refractivity contribution is 9.10. The number of allylic oxidation sites excluding steroid dienone is 1. The minimum atomic E-state index is -0.724. The second kappa shape index (κ2) is 7.44. The number of benzene rings is 1. The van der Waals surface area contributed by atoms with Crippen LogP contribution in [-0.2, 0) is 9.53 Å². The van der Waals surface area contributed by atoms with Crippen molar-refractivity contribution in [2.75, 3.05) is 20.8 Å². The summed E-state index contributed by atoms with van der Waals surface area (Å²) in [4.78, 5) is 26.1. The Morgan fingerprint density at radius 2 is 2.12 bits per heavy atom. The van der Waals surface area contributed by atoms with Crippen LogP contribution >= 0.6 is 27.5 Å².